The van der Waals surface area contributed by atoms with Gasteiger partial charge < -0.3 is 14.8 Å². The van der Waals surface area contributed by atoms with Crippen LogP contribution in [0.5, 0.6) is 0 Å². The zero-order valence-electron chi connectivity index (χ0n) is 19.6. The Morgan fingerprint density at radius 3 is 2.45 bits per heavy atom. The van der Waals surface area contributed by atoms with Crippen LogP contribution in [0.25, 0.3) is 10.9 Å². The Labute approximate surface area is 195 Å². The lowest BCUT2D eigenvalue weighted by Gasteiger charge is -2.41. The van der Waals surface area contributed by atoms with Crippen LogP contribution in [0.15, 0.2) is 54.7 Å². The summed E-state index contributed by atoms with van der Waals surface area (Å²) in [5.41, 5.74) is 4.89. The molecule has 1 fully saturated rings. The molecule has 2 aliphatic heterocycles. The second-order valence-electron chi connectivity index (χ2n) is 10.00. The number of benzene rings is 2. The molecule has 1 N–H and O–H groups in total. The first-order chi connectivity index (χ1) is 16.0. The van der Waals surface area contributed by atoms with Gasteiger partial charge in [-0.15, -0.1) is 0 Å². The van der Waals surface area contributed by atoms with Gasteiger partial charge in [-0.2, -0.15) is 0 Å². The van der Waals surface area contributed by atoms with Gasteiger partial charge in [0.25, 0.3) is 0 Å². The summed E-state index contributed by atoms with van der Waals surface area (Å²) < 4.78 is 0. The molecule has 3 heterocycles. The number of para-hydroxylation sites is 1. The summed E-state index contributed by atoms with van der Waals surface area (Å²) in [6.45, 7) is 6.13. The normalized spacial score (nSPS) is 19.2. The minimum atomic E-state index is -0.393. The lowest BCUT2D eigenvalue weighted by molar-refractivity contribution is -0.148. The molecule has 5 rings (SSSR count). The highest BCUT2D eigenvalue weighted by atomic mass is 16.2. The number of nitrogens with zero attached hydrogens (tertiary/aromatic N) is 2. The fraction of sp³-hybridized carbons (Fsp3) is 0.429. The molecule has 2 aromatic carbocycles. The minimum absolute atomic E-state index is 0.0894. The van der Waals surface area contributed by atoms with Crippen molar-refractivity contribution < 1.29 is 9.59 Å². The van der Waals surface area contributed by atoms with Gasteiger partial charge in [0.1, 0.15) is 6.04 Å². The standard InChI is InChI=1S/C28H33N3O2/c1-19(2)15-27(32)31-18-22-8-4-3-7-21(22)16-26(31)28(33)30-13-11-20(12-14-30)24-17-29-25-10-6-5-9-23(24)25/h3-10,17,19-20,26,29H,11-16,18H2,1-2H3. The van der Waals surface area contributed by atoms with Gasteiger partial charge in [0.05, 0.1) is 0 Å². The van der Waals surface area contributed by atoms with Crippen LogP contribution in [0.4, 0.5) is 0 Å². The van der Waals surface area contributed by atoms with Crippen molar-refractivity contribution in [1.29, 1.82) is 0 Å². The Balaban J connectivity index is 1.32. The molecule has 0 aliphatic carbocycles. The second-order valence-corrected chi connectivity index (χ2v) is 10.00. The average Bonchev–Trinajstić information content (AvgIpc) is 3.26. The van der Waals surface area contributed by atoms with E-state index in [-0.39, 0.29) is 17.7 Å². The highest BCUT2D eigenvalue weighted by Crippen LogP contribution is 2.34. The Morgan fingerprint density at radius 1 is 1.00 bits per heavy atom. The maximum absolute atomic E-state index is 13.7. The lowest BCUT2D eigenvalue weighted by atomic mass is 9.88. The smallest absolute Gasteiger partial charge is 0.245 e. The quantitative estimate of drug-likeness (QED) is 0.625. The van der Waals surface area contributed by atoms with Crippen molar-refractivity contribution in [2.24, 2.45) is 5.92 Å². The highest BCUT2D eigenvalue weighted by molar-refractivity contribution is 5.89. The third-order valence-electron chi connectivity index (χ3n) is 7.30. The number of carbonyl (C=O) groups excluding carboxylic acids is 2. The van der Waals surface area contributed by atoms with Gasteiger partial charge in [-0.25, -0.2) is 0 Å². The molecule has 1 atom stereocenters. The molecule has 5 heteroatoms. The van der Waals surface area contributed by atoms with Crippen LogP contribution >= 0.6 is 0 Å². The molecule has 2 amide bonds. The highest BCUT2D eigenvalue weighted by Gasteiger charge is 2.38. The van der Waals surface area contributed by atoms with Crippen molar-refractivity contribution >= 4 is 22.7 Å². The lowest BCUT2D eigenvalue weighted by Crippen LogP contribution is -2.55. The van der Waals surface area contributed by atoms with Crippen molar-refractivity contribution in [1.82, 2.24) is 14.8 Å². The summed E-state index contributed by atoms with van der Waals surface area (Å²) in [6.07, 6.45) is 5.14. The molecule has 0 saturated carbocycles. The molecular formula is C28H33N3O2. The molecule has 2 aliphatic rings. The summed E-state index contributed by atoms with van der Waals surface area (Å²) >= 11 is 0. The molecule has 172 valence electrons. The number of rotatable bonds is 4. The van der Waals surface area contributed by atoms with Crippen LogP contribution in [0.1, 0.15) is 55.7 Å². The molecule has 5 nitrogen and oxygen atoms in total. The second kappa shape index (κ2) is 9.05. The van der Waals surface area contributed by atoms with E-state index in [1.54, 1.807) is 0 Å². The van der Waals surface area contributed by atoms with Crippen molar-refractivity contribution in [2.75, 3.05) is 13.1 Å². The number of H-pyrrole nitrogens is 1. The Morgan fingerprint density at radius 2 is 1.70 bits per heavy atom. The number of aromatic amines is 1. The largest absolute Gasteiger partial charge is 0.361 e. The van der Waals surface area contributed by atoms with Crippen LogP contribution < -0.4 is 0 Å². The van der Waals surface area contributed by atoms with Crippen LogP contribution in [-0.4, -0.2) is 45.7 Å². The van der Waals surface area contributed by atoms with Crippen LogP contribution in [0, 0.1) is 5.92 Å². The first-order valence-electron chi connectivity index (χ1n) is 12.2. The summed E-state index contributed by atoms with van der Waals surface area (Å²) in [7, 11) is 0. The van der Waals surface area contributed by atoms with E-state index < -0.39 is 6.04 Å². The van der Waals surface area contributed by atoms with Gasteiger partial charge in [0.2, 0.25) is 11.8 Å². The van der Waals surface area contributed by atoms with E-state index >= 15 is 0 Å². The van der Waals surface area contributed by atoms with Gasteiger partial charge in [-0.05, 0) is 47.4 Å². The fourth-order valence-corrected chi connectivity index (χ4v) is 5.53. The zero-order chi connectivity index (χ0) is 22.9. The van der Waals surface area contributed by atoms with Crippen molar-refractivity contribution in [2.45, 2.75) is 58.0 Å². The Bertz CT molecular complexity index is 1160. The van der Waals surface area contributed by atoms with E-state index in [2.05, 4.69) is 61.4 Å². The number of hydrogen-bond donors (Lipinski definition) is 1. The van der Waals surface area contributed by atoms with E-state index in [0.29, 0.717) is 25.3 Å². The topological polar surface area (TPSA) is 56.4 Å². The number of likely N-dealkylation sites (tertiary alicyclic amines) is 1. The third-order valence-corrected chi connectivity index (χ3v) is 7.30. The molecule has 0 radical (unpaired) electrons. The number of piperidine rings is 1. The van der Waals surface area contributed by atoms with Gasteiger partial charge >= 0.3 is 0 Å². The summed E-state index contributed by atoms with van der Waals surface area (Å²) in [5, 5.41) is 1.29. The minimum Gasteiger partial charge on any atom is -0.361 e. The number of amides is 2. The van der Waals surface area contributed by atoms with Crippen LogP contribution in [0.3, 0.4) is 0 Å². The molecule has 3 aromatic rings. The molecule has 0 spiro atoms. The maximum atomic E-state index is 13.7. The molecular weight excluding hydrogens is 410 g/mol. The SMILES string of the molecule is CC(C)CC(=O)N1Cc2ccccc2CC1C(=O)N1CCC(c2c[nH]c3ccccc23)CC1. The molecule has 1 aromatic heterocycles. The van der Waals surface area contributed by atoms with Crippen molar-refractivity contribution in [3.05, 3.63) is 71.4 Å². The number of fused-ring (bicyclic) bond motifs is 2. The predicted molar refractivity (Wildman–Crippen MR) is 131 cm³/mol. The predicted octanol–water partition coefficient (Wildman–Crippen LogP) is 4.87. The first kappa shape index (κ1) is 21.7. The Kier molecular flexibility index (Phi) is 5.96. The molecule has 0 bridgehead atoms. The fourth-order valence-electron chi connectivity index (χ4n) is 5.53. The van der Waals surface area contributed by atoms with Crippen molar-refractivity contribution in [3.8, 4) is 0 Å². The maximum Gasteiger partial charge on any atom is 0.245 e. The molecule has 1 saturated heterocycles. The van der Waals surface area contributed by atoms with E-state index in [1.165, 1.54) is 22.0 Å². The first-order valence-corrected chi connectivity index (χ1v) is 12.2. The number of carbonyl (C=O) groups is 2. The summed E-state index contributed by atoms with van der Waals surface area (Å²) in [4.78, 5) is 34.0. The van der Waals surface area contributed by atoms with E-state index in [4.69, 9.17) is 0 Å². The number of hydrogen-bond acceptors (Lipinski definition) is 2. The van der Waals surface area contributed by atoms with Crippen LogP contribution in [0.2, 0.25) is 0 Å². The molecule has 33 heavy (non-hydrogen) atoms. The van der Waals surface area contributed by atoms with Gasteiger partial charge in [0.15, 0.2) is 0 Å². The monoisotopic (exact) mass is 443 g/mol. The number of nitrogens with one attached hydrogen (secondary N) is 1. The average molecular weight is 444 g/mol. The van der Waals surface area contributed by atoms with Gasteiger partial charge in [-0.3, -0.25) is 9.59 Å². The van der Waals surface area contributed by atoms with Crippen LogP contribution in [-0.2, 0) is 22.6 Å². The number of aromatic nitrogens is 1. The van der Waals surface area contributed by atoms with Crippen molar-refractivity contribution in [3.63, 3.8) is 0 Å². The van der Waals surface area contributed by atoms with Gasteiger partial charge in [-0.1, -0.05) is 56.3 Å². The van der Waals surface area contributed by atoms with E-state index in [1.807, 2.05) is 21.9 Å². The third kappa shape index (κ3) is 4.29. The summed E-state index contributed by atoms with van der Waals surface area (Å²) in [6, 6.07) is 16.3. The summed E-state index contributed by atoms with van der Waals surface area (Å²) in [5.74, 6) is 0.929. The van der Waals surface area contributed by atoms with E-state index in [0.717, 1.165) is 31.5 Å². The molecule has 1 unspecified atom stereocenters. The zero-order valence-corrected chi connectivity index (χ0v) is 19.6. The Hall–Kier alpha value is -3.08. The van der Waals surface area contributed by atoms with E-state index in [9.17, 15) is 9.59 Å². The van der Waals surface area contributed by atoms with Gasteiger partial charge in [0, 0.05) is 49.6 Å².